The molecule has 71 heavy (non-hydrogen) atoms. The SMILES string of the molecule is CCCCOc1nc(N)c2[nH]c(=O)n(Cc3ccc(C(=O)NCCCCCC(=O)Oc4ccc(/C=C/C(=O)NCC(=O)NC(C(=O)N[C@H](CCC(=O)OCC)C(=O)OCC)C(C)C)cc4OC)cc3)c2n1. The number of methoxy groups -OCH3 is 1. The standard InChI is InChI=1S/C49H65N9O13/c1-7-10-26-70-48-56-43(50)42-44(57-48)58(49(66)55-42)29-32-15-19-33(20-16-32)45(63)51-25-13-11-12-14-40(62)71-35-22-17-31(27-36(35)67-6)18-23-37(59)52-28-38(60)54-41(30(4)5)46(64)53-34(47(65)69-9-3)21-24-39(61)68-8-2/h15-20,22-23,27,30,34,41H,7-14,21,24-26,28-29H2,1-6H3,(H,51,63)(H,52,59)(H,53,64)(H,54,60)(H,55,66)(H2,50,56,57)/b23-18+/t34-,41?/m1/s1. The normalized spacial score (nSPS) is 11.9. The molecule has 2 aromatic heterocycles. The summed E-state index contributed by atoms with van der Waals surface area (Å²) in [5, 5.41) is 10.5. The van der Waals surface area contributed by atoms with E-state index in [1.165, 1.54) is 29.9 Å². The number of nitrogens with zero attached hydrogens (tertiary/aromatic N) is 3. The van der Waals surface area contributed by atoms with Crippen LogP contribution in [0.2, 0.25) is 0 Å². The molecule has 22 heteroatoms. The second-order valence-corrected chi connectivity index (χ2v) is 16.5. The van der Waals surface area contributed by atoms with Crippen molar-refractivity contribution in [2.75, 3.05) is 45.8 Å². The number of nitrogens with two attached hydrogens (primary N) is 1. The second kappa shape index (κ2) is 28.6. The zero-order chi connectivity index (χ0) is 51.9. The number of aromatic nitrogens is 4. The van der Waals surface area contributed by atoms with Gasteiger partial charge in [-0.05, 0) is 86.9 Å². The van der Waals surface area contributed by atoms with Crippen LogP contribution in [0.15, 0.2) is 53.3 Å². The fourth-order valence-electron chi connectivity index (χ4n) is 6.82. The third kappa shape index (κ3) is 17.9. The number of aromatic amines is 1. The highest BCUT2D eigenvalue weighted by atomic mass is 16.6. The molecular formula is C49H65N9O13. The van der Waals surface area contributed by atoms with E-state index < -0.39 is 65.9 Å². The third-order valence-electron chi connectivity index (χ3n) is 10.6. The van der Waals surface area contributed by atoms with E-state index in [2.05, 4.69) is 36.2 Å². The van der Waals surface area contributed by atoms with Crippen LogP contribution in [-0.2, 0) is 44.8 Å². The lowest BCUT2D eigenvalue weighted by molar-refractivity contribution is -0.149. The van der Waals surface area contributed by atoms with Gasteiger partial charge in [0.15, 0.2) is 23.0 Å². The number of rotatable bonds is 29. The number of nitrogens with one attached hydrogen (secondary N) is 5. The Labute approximate surface area is 411 Å². The number of unbranched alkanes of at least 4 members (excludes halogenated alkanes) is 3. The summed E-state index contributed by atoms with van der Waals surface area (Å²) in [6.45, 7) is 9.41. The Bertz CT molecular complexity index is 2550. The number of ether oxygens (including phenoxy) is 5. The highest BCUT2D eigenvalue weighted by molar-refractivity contribution is 5.96. The number of anilines is 1. The van der Waals surface area contributed by atoms with Crippen molar-refractivity contribution in [3.05, 3.63) is 75.7 Å². The Morgan fingerprint density at radius 2 is 1.59 bits per heavy atom. The summed E-state index contributed by atoms with van der Waals surface area (Å²) in [7, 11) is 1.40. The molecule has 384 valence electrons. The Hall–Kier alpha value is -7.78. The average Bonchev–Trinajstić information content (AvgIpc) is 3.66. The molecule has 0 radical (unpaired) electrons. The van der Waals surface area contributed by atoms with Crippen LogP contribution < -0.4 is 46.9 Å². The van der Waals surface area contributed by atoms with E-state index in [9.17, 15) is 38.4 Å². The molecule has 1 unspecified atom stereocenters. The number of hydrogen-bond donors (Lipinski definition) is 6. The summed E-state index contributed by atoms with van der Waals surface area (Å²) in [6.07, 6.45) is 6.10. The molecule has 2 atom stereocenters. The number of benzene rings is 2. The molecule has 4 rings (SSSR count). The van der Waals surface area contributed by atoms with Gasteiger partial charge in [-0.1, -0.05) is 51.8 Å². The van der Waals surface area contributed by atoms with Gasteiger partial charge in [0.05, 0.1) is 40.0 Å². The van der Waals surface area contributed by atoms with E-state index in [4.69, 9.17) is 29.4 Å². The number of H-pyrrole nitrogens is 1. The van der Waals surface area contributed by atoms with Crippen molar-refractivity contribution < 1.29 is 57.2 Å². The minimum Gasteiger partial charge on any atom is -0.493 e. The van der Waals surface area contributed by atoms with Crippen LogP contribution in [0, 0.1) is 5.92 Å². The molecule has 0 bridgehead atoms. The fraction of sp³-hybridized carbons (Fsp3) is 0.469. The first kappa shape index (κ1) is 55.8. The Kier molecular flexibility index (Phi) is 22.5. The Morgan fingerprint density at radius 3 is 2.28 bits per heavy atom. The lowest BCUT2D eigenvalue weighted by Gasteiger charge is -2.24. The van der Waals surface area contributed by atoms with E-state index in [-0.39, 0.29) is 68.3 Å². The number of amides is 4. The van der Waals surface area contributed by atoms with Crippen LogP contribution in [0.3, 0.4) is 0 Å². The van der Waals surface area contributed by atoms with E-state index in [0.717, 1.165) is 18.4 Å². The van der Waals surface area contributed by atoms with Crippen LogP contribution in [0.1, 0.15) is 107 Å². The minimum atomic E-state index is -1.15. The maximum Gasteiger partial charge on any atom is 0.328 e. The number of imidazole rings is 1. The molecule has 0 fully saturated rings. The summed E-state index contributed by atoms with van der Waals surface area (Å²) in [4.78, 5) is 112. The van der Waals surface area contributed by atoms with Gasteiger partial charge in [-0.3, -0.25) is 33.3 Å². The molecule has 0 aliphatic heterocycles. The van der Waals surface area contributed by atoms with Crippen molar-refractivity contribution >= 4 is 64.6 Å². The van der Waals surface area contributed by atoms with Gasteiger partial charge in [0.2, 0.25) is 17.7 Å². The lowest BCUT2D eigenvalue weighted by Crippen LogP contribution is -2.55. The topological polar surface area (TPSA) is 303 Å². The monoisotopic (exact) mass is 987 g/mol. The molecule has 0 saturated heterocycles. The largest absolute Gasteiger partial charge is 0.493 e. The highest BCUT2D eigenvalue weighted by Gasteiger charge is 2.30. The van der Waals surface area contributed by atoms with Crippen molar-refractivity contribution in [3.8, 4) is 17.5 Å². The predicted molar refractivity (Wildman–Crippen MR) is 261 cm³/mol. The second-order valence-electron chi connectivity index (χ2n) is 16.5. The van der Waals surface area contributed by atoms with Gasteiger partial charge in [-0.25, -0.2) is 9.59 Å². The first-order valence-electron chi connectivity index (χ1n) is 23.6. The van der Waals surface area contributed by atoms with Crippen molar-refractivity contribution in [1.29, 1.82) is 0 Å². The Balaban J connectivity index is 1.17. The zero-order valence-electron chi connectivity index (χ0n) is 41.1. The predicted octanol–water partition coefficient (Wildman–Crippen LogP) is 3.49. The third-order valence-corrected chi connectivity index (χ3v) is 10.6. The van der Waals surface area contributed by atoms with Gasteiger partial charge in [-0.2, -0.15) is 9.97 Å². The van der Waals surface area contributed by atoms with Crippen LogP contribution in [0.25, 0.3) is 17.2 Å². The molecule has 4 amide bonds. The van der Waals surface area contributed by atoms with Crippen molar-refractivity contribution in [3.63, 3.8) is 0 Å². The lowest BCUT2D eigenvalue weighted by atomic mass is 10.0. The molecule has 0 aliphatic rings. The molecule has 4 aromatic rings. The minimum absolute atomic E-state index is 0.0570. The summed E-state index contributed by atoms with van der Waals surface area (Å²) in [5.74, 6) is -3.84. The first-order valence-corrected chi connectivity index (χ1v) is 23.6. The molecule has 2 heterocycles. The smallest absolute Gasteiger partial charge is 0.328 e. The number of nitrogen functional groups attached to an aromatic ring is 1. The van der Waals surface area contributed by atoms with Crippen LogP contribution in [0.5, 0.6) is 17.5 Å². The maximum atomic E-state index is 13.2. The maximum absolute atomic E-state index is 13.2. The van der Waals surface area contributed by atoms with E-state index in [1.807, 2.05) is 6.92 Å². The molecular weight excluding hydrogens is 923 g/mol. The number of hydrogen-bond acceptors (Lipinski definition) is 16. The number of fused-ring (bicyclic) bond motifs is 1. The summed E-state index contributed by atoms with van der Waals surface area (Å²) in [5.41, 5.74) is 8.02. The van der Waals surface area contributed by atoms with Gasteiger partial charge in [0.25, 0.3) is 5.91 Å². The van der Waals surface area contributed by atoms with Gasteiger partial charge in [0, 0.05) is 31.0 Å². The van der Waals surface area contributed by atoms with Gasteiger partial charge >= 0.3 is 29.6 Å². The van der Waals surface area contributed by atoms with E-state index in [1.54, 1.807) is 64.1 Å². The van der Waals surface area contributed by atoms with Crippen molar-refractivity contribution in [1.82, 2.24) is 40.8 Å². The number of carbonyl (C=O) groups is 7. The molecule has 0 spiro atoms. The van der Waals surface area contributed by atoms with Gasteiger partial charge in [-0.15, -0.1) is 0 Å². The molecule has 0 saturated carbocycles. The molecule has 2 aromatic carbocycles. The van der Waals surface area contributed by atoms with Crippen LogP contribution in [0.4, 0.5) is 5.82 Å². The average molecular weight is 988 g/mol. The fourth-order valence-corrected chi connectivity index (χ4v) is 6.82. The van der Waals surface area contributed by atoms with Crippen LogP contribution >= 0.6 is 0 Å². The summed E-state index contributed by atoms with van der Waals surface area (Å²) < 4.78 is 27.9. The van der Waals surface area contributed by atoms with Crippen LogP contribution in [-0.4, -0.2) is 113 Å². The highest BCUT2D eigenvalue weighted by Crippen LogP contribution is 2.29. The molecule has 22 nitrogen and oxygen atoms in total. The number of esters is 3. The zero-order valence-corrected chi connectivity index (χ0v) is 41.1. The quantitative estimate of drug-likeness (QED) is 0.0196. The Morgan fingerprint density at radius 1 is 0.845 bits per heavy atom. The summed E-state index contributed by atoms with van der Waals surface area (Å²) in [6, 6.07) is 9.42. The molecule has 0 aliphatic carbocycles. The number of carbonyl (C=O) groups excluding carboxylic acids is 7. The van der Waals surface area contributed by atoms with E-state index >= 15 is 0 Å². The summed E-state index contributed by atoms with van der Waals surface area (Å²) >= 11 is 0. The van der Waals surface area contributed by atoms with Gasteiger partial charge < -0.3 is 55.7 Å². The van der Waals surface area contributed by atoms with Gasteiger partial charge in [0.1, 0.15) is 17.6 Å². The van der Waals surface area contributed by atoms with E-state index in [0.29, 0.717) is 54.7 Å². The molecule has 7 N–H and O–H groups in total. The van der Waals surface area contributed by atoms with Crippen molar-refractivity contribution in [2.45, 2.75) is 105 Å². The van der Waals surface area contributed by atoms with Crippen molar-refractivity contribution in [2.24, 2.45) is 5.92 Å². The first-order chi connectivity index (χ1) is 34.1.